The van der Waals surface area contributed by atoms with Crippen molar-refractivity contribution in [1.29, 1.82) is 0 Å². The van der Waals surface area contributed by atoms with Crippen LogP contribution in [-0.2, 0) is 9.22 Å². The van der Waals surface area contributed by atoms with Gasteiger partial charge in [0.05, 0.1) is 0 Å². The summed E-state index contributed by atoms with van der Waals surface area (Å²) in [5.74, 6) is 4.83. The first-order valence-electron chi connectivity index (χ1n) is 11.7. The monoisotopic (exact) mass is 390 g/mol. The lowest BCUT2D eigenvalue weighted by molar-refractivity contribution is -0.133. The Labute approximate surface area is 168 Å². The number of Topliss-reactive ketones (excluding diaryl/α,β-unsaturated/α-hetero) is 1. The highest BCUT2D eigenvalue weighted by Gasteiger charge is 2.57. The minimum absolute atomic E-state index is 0.0383. The summed E-state index contributed by atoms with van der Waals surface area (Å²) in [6.07, 6.45) is 11.8. The average molecular weight is 391 g/mol. The molecule has 7 atom stereocenters. The molecule has 4 aliphatic rings. The fourth-order valence-electron chi connectivity index (χ4n) is 7.28. The molecule has 0 spiro atoms. The fourth-order valence-corrected chi connectivity index (χ4v) is 8.68. The maximum absolute atomic E-state index is 12.5. The molecule has 27 heavy (non-hydrogen) atoms. The Morgan fingerprint density at radius 1 is 0.963 bits per heavy atom. The minimum Gasteiger partial charge on any atom is -0.414 e. The van der Waals surface area contributed by atoms with E-state index in [9.17, 15) is 4.79 Å². The second-order valence-electron chi connectivity index (χ2n) is 12.2. The summed E-state index contributed by atoms with van der Waals surface area (Å²) in [7, 11) is -1.66. The van der Waals surface area contributed by atoms with Crippen LogP contribution in [0.15, 0.2) is 0 Å². The van der Waals surface area contributed by atoms with Gasteiger partial charge in [-0.2, -0.15) is 0 Å². The third kappa shape index (κ3) is 3.29. The largest absolute Gasteiger partial charge is 0.414 e. The van der Waals surface area contributed by atoms with Gasteiger partial charge in [0.1, 0.15) is 5.78 Å². The van der Waals surface area contributed by atoms with E-state index < -0.39 is 8.32 Å². The summed E-state index contributed by atoms with van der Waals surface area (Å²) >= 11 is 0. The van der Waals surface area contributed by atoms with Crippen molar-refractivity contribution in [2.75, 3.05) is 0 Å². The van der Waals surface area contributed by atoms with Crippen LogP contribution in [-0.4, -0.2) is 20.2 Å². The van der Waals surface area contributed by atoms with E-state index in [1.54, 1.807) is 0 Å². The number of rotatable bonds is 2. The Morgan fingerprint density at radius 3 is 2.37 bits per heavy atom. The van der Waals surface area contributed by atoms with Gasteiger partial charge < -0.3 is 4.43 Å². The molecule has 4 rings (SSSR count). The van der Waals surface area contributed by atoms with Crippen molar-refractivity contribution in [3.8, 4) is 0 Å². The molecule has 0 amide bonds. The number of carbonyl (C=O) groups excluding carboxylic acids is 1. The minimum atomic E-state index is -1.66. The average Bonchev–Trinajstić information content (AvgIpc) is 2.88. The molecular weight excluding hydrogens is 348 g/mol. The predicted octanol–water partition coefficient (Wildman–Crippen LogP) is 6.60. The van der Waals surface area contributed by atoms with Gasteiger partial charge in [-0.3, -0.25) is 4.79 Å². The predicted molar refractivity (Wildman–Crippen MR) is 114 cm³/mol. The van der Waals surface area contributed by atoms with Crippen LogP contribution in [0.2, 0.25) is 18.1 Å². The summed E-state index contributed by atoms with van der Waals surface area (Å²) in [5, 5.41) is 0.310. The molecule has 0 aromatic rings. The third-order valence-electron chi connectivity index (χ3n) is 9.88. The van der Waals surface area contributed by atoms with E-state index in [0.29, 0.717) is 22.8 Å². The molecule has 154 valence electrons. The normalized spacial score (nSPS) is 45.2. The summed E-state index contributed by atoms with van der Waals surface area (Å²) in [6.45, 7) is 14.2. The zero-order valence-corrected chi connectivity index (χ0v) is 19.6. The topological polar surface area (TPSA) is 26.3 Å². The molecule has 3 heteroatoms. The van der Waals surface area contributed by atoms with Crippen LogP contribution < -0.4 is 0 Å². The van der Waals surface area contributed by atoms with Crippen molar-refractivity contribution < 1.29 is 9.22 Å². The van der Waals surface area contributed by atoms with E-state index in [0.717, 1.165) is 30.1 Å². The summed E-state index contributed by atoms with van der Waals surface area (Å²) in [5.41, 5.74) is 0.0383. The van der Waals surface area contributed by atoms with E-state index in [2.05, 4.69) is 40.8 Å². The van der Waals surface area contributed by atoms with Gasteiger partial charge in [0.2, 0.25) is 0 Å². The van der Waals surface area contributed by atoms with E-state index in [1.165, 1.54) is 51.4 Å². The van der Waals surface area contributed by atoms with Crippen LogP contribution in [0.25, 0.3) is 0 Å². The lowest BCUT2D eigenvalue weighted by atomic mass is 9.50. The summed E-state index contributed by atoms with van der Waals surface area (Å²) in [4.78, 5) is 12.5. The second kappa shape index (κ2) is 6.69. The Morgan fingerprint density at radius 2 is 1.67 bits per heavy atom. The van der Waals surface area contributed by atoms with Crippen LogP contribution in [0, 0.1) is 35.0 Å². The van der Waals surface area contributed by atoms with Gasteiger partial charge in [-0.25, -0.2) is 0 Å². The van der Waals surface area contributed by atoms with Crippen molar-refractivity contribution in [3.05, 3.63) is 0 Å². The number of hydrogen-bond acceptors (Lipinski definition) is 2. The highest BCUT2D eigenvalue weighted by atomic mass is 28.4. The lowest BCUT2D eigenvalue weighted by Crippen LogP contribution is -2.50. The Bertz CT molecular complexity index is 592. The van der Waals surface area contributed by atoms with Crippen LogP contribution >= 0.6 is 0 Å². The zero-order valence-electron chi connectivity index (χ0n) is 18.6. The highest BCUT2D eigenvalue weighted by Crippen LogP contribution is 2.61. The molecule has 0 heterocycles. The number of carbonyl (C=O) groups is 1. The molecule has 4 saturated carbocycles. The van der Waals surface area contributed by atoms with Crippen molar-refractivity contribution in [3.63, 3.8) is 0 Å². The van der Waals surface area contributed by atoms with Gasteiger partial charge in [0.15, 0.2) is 8.32 Å². The molecular formula is C24H42O2Si. The summed E-state index contributed by atoms with van der Waals surface area (Å²) < 4.78 is 6.82. The first kappa shape index (κ1) is 20.1. The molecule has 0 aromatic carbocycles. The fraction of sp³-hybridized carbons (Fsp3) is 0.958. The number of fused-ring (bicyclic) bond motifs is 5. The molecule has 0 aliphatic heterocycles. The van der Waals surface area contributed by atoms with E-state index in [4.69, 9.17) is 4.43 Å². The van der Waals surface area contributed by atoms with Gasteiger partial charge in [-0.15, -0.1) is 0 Å². The first-order valence-corrected chi connectivity index (χ1v) is 14.6. The van der Waals surface area contributed by atoms with E-state index >= 15 is 0 Å². The molecule has 4 fully saturated rings. The molecule has 0 bridgehead atoms. The molecule has 2 nitrogen and oxygen atoms in total. The van der Waals surface area contributed by atoms with Gasteiger partial charge in [0, 0.05) is 17.9 Å². The Balaban J connectivity index is 1.43. The van der Waals surface area contributed by atoms with Crippen LogP contribution in [0.1, 0.15) is 85.5 Å². The van der Waals surface area contributed by atoms with E-state index in [-0.39, 0.29) is 5.41 Å². The number of ketones is 1. The quantitative estimate of drug-likeness (QED) is 0.497. The maximum Gasteiger partial charge on any atom is 0.192 e. The maximum atomic E-state index is 12.5. The Kier molecular flexibility index (Phi) is 4.99. The van der Waals surface area contributed by atoms with Gasteiger partial charge in [-0.05, 0) is 99.1 Å². The molecule has 0 aromatic heterocycles. The van der Waals surface area contributed by atoms with Crippen molar-refractivity contribution in [2.45, 2.75) is 110 Å². The van der Waals surface area contributed by atoms with Gasteiger partial charge in [-0.1, -0.05) is 27.7 Å². The molecule has 0 radical (unpaired) electrons. The smallest absolute Gasteiger partial charge is 0.192 e. The standard InChI is InChI=1S/C24H42O2Si/c1-23(2,3)27(5,6)26-17-8-10-18-16(15-17)7-9-20-19(18)13-14-24(4)21(20)11-12-22(24)25/h16-21H,7-15H2,1-6H3. The van der Waals surface area contributed by atoms with Gasteiger partial charge in [0.25, 0.3) is 0 Å². The van der Waals surface area contributed by atoms with Gasteiger partial charge >= 0.3 is 0 Å². The second-order valence-corrected chi connectivity index (χ2v) is 16.9. The molecule has 4 aliphatic carbocycles. The van der Waals surface area contributed by atoms with Crippen molar-refractivity contribution in [2.24, 2.45) is 35.0 Å². The van der Waals surface area contributed by atoms with Crippen LogP contribution in [0.3, 0.4) is 0 Å². The first-order chi connectivity index (χ1) is 12.5. The SMILES string of the molecule is CC12CCC3C4CCC(O[Si](C)(C)C(C)(C)C)CC4CCC3C1CCC2=O. The Hall–Kier alpha value is -0.153. The molecule has 0 saturated heterocycles. The lowest BCUT2D eigenvalue weighted by Gasteiger charge is -2.55. The van der Waals surface area contributed by atoms with Crippen molar-refractivity contribution in [1.82, 2.24) is 0 Å². The highest BCUT2D eigenvalue weighted by molar-refractivity contribution is 6.74. The molecule has 7 unspecified atom stereocenters. The van der Waals surface area contributed by atoms with Crippen molar-refractivity contribution >= 4 is 14.1 Å². The number of hydrogen-bond donors (Lipinski definition) is 0. The third-order valence-corrected chi connectivity index (χ3v) is 14.4. The van der Waals surface area contributed by atoms with Crippen LogP contribution in [0.4, 0.5) is 0 Å². The van der Waals surface area contributed by atoms with Crippen LogP contribution in [0.5, 0.6) is 0 Å². The van der Waals surface area contributed by atoms with E-state index in [1.807, 2.05) is 0 Å². The summed E-state index contributed by atoms with van der Waals surface area (Å²) in [6, 6.07) is 0. The zero-order chi connectivity index (χ0) is 19.6. The molecule has 0 N–H and O–H groups in total.